The van der Waals surface area contributed by atoms with Gasteiger partial charge < -0.3 is 0 Å². The van der Waals surface area contributed by atoms with Crippen LogP contribution in [0.15, 0.2) is 42.7 Å². The van der Waals surface area contributed by atoms with E-state index in [1.165, 1.54) is 40.6 Å². The van der Waals surface area contributed by atoms with Crippen molar-refractivity contribution in [3.8, 4) is 12.0 Å². The van der Waals surface area contributed by atoms with Gasteiger partial charge in [-0.3, -0.25) is 14.5 Å². The maximum absolute atomic E-state index is 4.17. The Morgan fingerprint density at radius 2 is 2.12 bits per heavy atom. The number of aromatic nitrogens is 2. The lowest BCUT2D eigenvalue weighted by Crippen LogP contribution is -2.34. The van der Waals surface area contributed by atoms with Crippen molar-refractivity contribution >= 4 is 10.9 Å². The van der Waals surface area contributed by atoms with Crippen LogP contribution in [-0.2, 0) is 6.42 Å². The van der Waals surface area contributed by atoms with Crippen molar-refractivity contribution in [1.29, 1.82) is 0 Å². The largest absolute Gasteiger partial charge is 0.296 e. The minimum Gasteiger partial charge on any atom is -0.296 e. The molecule has 2 aromatic heterocycles. The number of benzene rings is 1. The van der Waals surface area contributed by atoms with Crippen molar-refractivity contribution in [2.24, 2.45) is 0 Å². The van der Waals surface area contributed by atoms with E-state index in [4.69, 9.17) is 0 Å². The summed E-state index contributed by atoms with van der Waals surface area (Å²) in [6.07, 6.45) is 7.26. The molecule has 0 radical (unpaired) electrons. The van der Waals surface area contributed by atoms with E-state index in [-0.39, 0.29) is 0 Å². The van der Waals surface area contributed by atoms with Gasteiger partial charge in [-0.15, -0.1) is 0 Å². The molecule has 2 aliphatic rings. The van der Waals surface area contributed by atoms with Crippen molar-refractivity contribution < 1.29 is 0 Å². The average molecular weight is 327 g/mol. The molecule has 0 saturated carbocycles. The Morgan fingerprint density at radius 3 is 2.96 bits per heavy atom. The molecule has 1 saturated heterocycles. The van der Waals surface area contributed by atoms with E-state index in [0.29, 0.717) is 12.1 Å². The Balaban J connectivity index is 1.75. The zero-order valence-corrected chi connectivity index (χ0v) is 14.7. The van der Waals surface area contributed by atoms with Crippen molar-refractivity contribution in [1.82, 2.24) is 14.5 Å². The summed E-state index contributed by atoms with van der Waals surface area (Å²) in [5.41, 5.74) is 6.45. The second-order valence-electron chi connectivity index (χ2n) is 7.31. The number of hydrogen-bond donors (Lipinski definition) is 0. The number of aryl methyl sites for hydroxylation is 1. The van der Waals surface area contributed by atoms with Gasteiger partial charge in [-0.1, -0.05) is 11.6 Å². The van der Waals surface area contributed by atoms with Crippen LogP contribution in [0, 0.1) is 18.9 Å². The van der Waals surface area contributed by atoms with Crippen LogP contribution in [0.1, 0.15) is 41.3 Å². The Kier molecular flexibility index (Phi) is 3.23. The normalized spacial score (nSPS) is 21.8. The molecular formula is C22H21N3. The smallest absolute Gasteiger partial charge is 0.0618 e. The number of nitrogens with zero attached hydrogens (tertiary/aromatic N) is 3. The molecule has 25 heavy (non-hydrogen) atoms. The molecule has 2 aliphatic heterocycles. The Labute approximate surface area is 148 Å². The van der Waals surface area contributed by atoms with Crippen molar-refractivity contribution in [2.75, 3.05) is 7.05 Å². The SMILES string of the molecule is Cc1ccc2c(c1)c1c(n2C#Cc2cccnc2)CC2CCC1N2C. The molecule has 0 N–H and O–H groups in total. The van der Waals surface area contributed by atoms with Gasteiger partial charge in [0.1, 0.15) is 0 Å². The van der Waals surface area contributed by atoms with Crippen LogP contribution in [0.4, 0.5) is 0 Å². The van der Waals surface area contributed by atoms with Gasteiger partial charge in [-0.05, 0) is 62.6 Å². The molecule has 2 bridgehead atoms. The third-order valence-electron chi connectivity index (χ3n) is 5.84. The van der Waals surface area contributed by atoms with Gasteiger partial charge in [0.2, 0.25) is 0 Å². The summed E-state index contributed by atoms with van der Waals surface area (Å²) < 4.78 is 2.25. The van der Waals surface area contributed by atoms with Crippen LogP contribution >= 0.6 is 0 Å². The number of likely N-dealkylation sites (N-methyl/N-ethyl adjacent to an activating group) is 1. The predicted octanol–water partition coefficient (Wildman–Crippen LogP) is 3.89. The first kappa shape index (κ1) is 14.7. The van der Waals surface area contributed by atoms with Gasteiger partial charge in [0.25, 0.3) is 0 Å². The van der Waals surface area contributed by atoms with Gasteiger partial charge in [0.15, 0.2) is 0 Å². The summed E-state index contributed by atoms with van der Waals surface area (Å²) in [5.74, 6) is 3.30. The predicted molar refractivity (Wildman–Crippen MR) is 100 cm³/mol. The molecule has 3 nitrogen and oxygen atoms in total. The minimum absolute atomic E-state index is 0.541. The lowest BCUT2D eigenvalue weighted by atomic mass is 9.97. The summed E-state index contributed by atoms with van der Waals surface area (Å²) in [5, 5.41) is 1.38. The Bertz CT molecular complexity index is 1020. The molecule has 1 aromatic carbocycles. The maximum atomic E-state index is 4.17. The van der Waals surface area contributed by atoms with Crippen molar-refractivity contribution in [3.63, 3.8) is 0 Å². The standard InChI is InChI=1S/C22H21N3/c1-15-5-7-19-18(12-15)22-20-8-6-17(24(20)2)13-21(22)25(19)11-9-16-4-3-10-23-14-16/h3-5,7,10,12,14,17,20H,6,8,13H2,1-2H3. The molecule has 2 atom stereocenters. The molecule has 4 heterocycles. The fraction of sp³-hybridized carbons (Fsp3) is 0.318. The third-order valence-corrected chi connectivity index (χ3v) is 5.84. The zero-order chi connectivity index (χ0) is 17.0. The molecule has 5 rings (SSSR count). The molecule has 3 aromatic rings. The Morgan fingerprint density at radius 1 is 1.20 bits per heavy atom. The fourth-order valence-electron chi connectivity index (χ4n) is 4.57. The van der Waals surface area contributed by atoms with E-state index >= 15 is 0 Å². The Hall–Kier alpha value is -2.57. The molecule has 0 amide bonds. The fourth-order valence-corrected chi connectivity index (χ4v) is 4.57. The maximum Gasteiger partial charge on any atom is 0.0618 e. The van der Waals surface area contributed by atoms with Crippen LogP contribution in [0.5, 0.6) is 0 Å². The number of rotatable bonds is 0. The van der Waals surface area contributed by atoms with Crippen LogP contribution in [0.2, 0.25) is 0 Å². The van der Waals surface area contributed by atoms with Crippen molar-refractivity contribution in [2.45, 2.75) is 38.3 Å². The van der Waals surface area contributed by atoms with Gasteiger partial charge in [0, 0.05) is 53.6 Å². The second kappa shape index (κ2) is 5.47. The van der Waals surface area contributed by atoms with Crippen molar-refractivity contribution in [3.05, 3.63) is 65.1 Å². The highest BCUT2D eigenvalue weighted by Gasteiger charge is 2.40. The molecule has 124 valence electrons. The first-order valence-electron chi connectivity index (χ1n) is 9.00. The van der Waals surface area contributed by atoms with Crippen LogP contribution in [0.3, 0.4) is 0 Å². The number of fused-ring (bicyclic) bond motifs is 6. The van der Waals surface area contributed by atoms with Crippen LogP contribution < -0.4 is 0 Å². The monoisotopic (exact) mass is 327 g/mol. The van der Waals surface area contributed by atoms with Gasteiger partial charge in [-0.2, -0.15) is 0 Å². The highest BCUT2D eigenvalue weighted by atomic mass is 15.2. The quantitative estimate of drug-likeness (QED) is 0.584. The summed E-state index contributed by atoms with van der Waals surface area (Å²) in [6.45, 7) is 2.18. The molecule has 3 heteroatoms. The summed E-state index contributed by atoms with van der Waals surface area (Å²) in [4.78, 5) is 6.74. The molecule has 0 spiro atoms. The summed E-state index contributed by atoms with van der Waals surface area (Å²) in [7, 11) is 2.28. The van der Waals surface area contributed by atoms with E-state index < -0.39 is 0 Å². The van der Waals surface area contributed by atoms with Crippen LogP contribution in [-0.4, -0.2) is 27.5 Å². The average Bonchev–Trinajstić information content (AvgIpc) is 3.04. The second-order valence-corrected chi connectivity index (χ2v) is 7.31. The lowest BCUT2D eigenvalue weighted by Gasteiger charge is -2.31. The van der Waals surface area contributed by atoms with E-state index in [2.05, 4.69) is 58.6 Å². The van der Waals surface area contributed by atoms with Crippen LogP contribution in [0.25, 0.3) is 10.9 Å². The highest BCUT2D eigenvalue weighted by molar-refractivity contribution is 5.88. The number of pyridine rings is 1. The highest BCUT2D eigenvalue weighted by Crippen LogP contribution is 2.46. The van der Waals surface area contributed by atoms with Gasteiger partial charge >= 0.3 is 0 Å². The topological polar surface area (TPSA) is 21.1 Å². The first-order chi connectivity index (χ1) is 12.2. The molecule has 1 fully saturated rings. The first-order valence-corrected chi connectivity index (χ1v) is 9.00. The van der Waals surface area contributed by atoms with Gasteiger partial charge in [-0.25, -0.2) is 0 Å². The van der Waals surface area contributed by atoms with E-state index in [1.54, 1.807) is 6.20 Å². The molecular weight excluding hydrogens is 306 g/mol. The molecule has 0 aliphatic carbocycles. The summed E-state index contributed by atoms with van der Waals surface area (Å²) >= 11 is 0. The zero-order valence-electron chi connectivity index (χ0n) is 14.7. The van der Waals surface area contributed by atoms with E-state index in [9.17, 15) is 0 Å². The third kappa shape index (κ3) is 2.22. The number of hydrogen-bond acceptors (Lipinski definition) is 2. The summed E-state index contributed by atoms with van der Waals surface area (Å²) in [6, 6.07) is 15.3. The van der Waals surface area contributed by atoms with E-state index in [0.717, 1.165) is 12.0 Å². The molecule has 2 unspecified atom stereocenters. The van der Waals surface area contributed by atoms with E-state index in [1.807, 2.05) is 18.3 Å². The lowest BCUT2D eigenvalue weighted by molar-refractivity contribution is 0.223. The minimum atomic E-state index is 0.541. The van der Waals surface area contributed by atoms with Gasteiger partial charge in [0.05, 0.1) is 5.52 Å².